The van der Waals surface area contributed by atoms with E-state index >= 15 is 0 Å². The van der Waals surface area contributed by atoms with Gasteiger partial charge in [0.1, 0.15) is 0 Å². The fraction of sp³-hybridized carbons (Fsp3) is 0.960. The van der Waals surface area contributed by atoms with Crippen LogP contribution in [0.5, 0.6) is 0 Å². The summed E-state index contributed by atoms with van der Waals surface area (Å²) in [4.78, 5) is 32.7. The van der Waals surface area contributed by atoms with Crippen molar-refractivity contribution in [2.75, 3.05) is 0 Å². The van der Waals surface area contributed by atoms with Gasteiger partial charge in [-0.2, -0.15) is 9.98 Å². The Balaban J connectivity index is 4.95. The van der Waals surface area contributed by atoms with Gasteiger partial charge in [-0.1, -0.05) is 259 Å². The normalized spacial score (nSPS) is 13.6. The fourth-order valence-corrected chi connectivity index (χ4v) is 8.89. The van der Waals surface area contributed by atoms with Crippen molar-refractivity contribution < 1.29 is 9.59 Å². The Bertz CT molecular complexity index is 793. The molecule has 0 amide bonds. The third-order valence-corrected chi connectivity index (χ3v) is 12.6. The summed E-state index contributed by atoms with van der Waals surface area (Å²) in [5.41, 5.74) is -0.378. The van der Waals surface area contributed by atoms with E-state index in [2.05, 4.69) is 37.7 Å². The smallest absolute Gasteiger partial charge is 0.211 e. The maximum Gasteiger partial charge on any atom is 0.235 e. The van der Waals surface area contributed by atoms with Crippen LogP contribution < -0.4 is 0 Å². The summed E-state index contributed by atoms with van der Waals surface area (Å²) in [7, 11) is 0. The predicted octanol–water partition coefficient (Wildman–Crippen LogP) is 17.6. The molecule has 318 valence electrons. The van der Waals surface area contributed by atoms with Crippen molar-refractivity contribution in [2.45, 2.75) is 308 Å². The third kappa shape index (κ3) is 33.0. The molecule has 0 radical (unpaired) electrons. The number of unbranched alkanes of at least 4 members (excludes halogenated alkanes) is 31. The zero-order valence-electron chi connectivity index (χ0n) is 37.4. The van der Waals surface area contributed by atoms with E-state index < -0.39 is 0 Å². The number of carbonyl (C=O) groups excluding carboxylic acids is 2. The molecule has 0 heterocycles. The van der Waals surface area contributed by atoms with Gasteiger partial charge < -0.3 is 0 Å². The Morgan fingerprint density at radius 3 is 0.556 bits per heavy atom. The first kappa shape index (κ1) is 52.8. The maximum atomic E-state index is 11.8. The Labute approximate surface area is 339 Å². The molecule has 0 aromatic rings. The van der Waals surface area contributed by atoms with Crippen LogP contribution in [0.1, 0.15) is 297 Å². The lowest BCUT2D eigenvalue weighted by Crippen LogP contribution is -2.27. The number of hydrogen-bond donors (Lipinski definition) is 0. The van der Waals surface area contributed by atoms with Crippen molar-refractivity contribution in [1.82, 2.24) is 0 Å². The number of isocyanates is 2. The minimum absolute atomic E-state index is 0.189. The monoisotopic (exact) mass is 757 g/mol. The molecule has 0 aliphatic carbocycles. The second-order valence-electron chi connectivity index (χ2n) is 17.7. The Morgan fingerprint density at radius 2 is 0.407 bits per heavy atom. The van der Waals surface area contributed by atoms with Gasteiger partial charge in [-0.15, -0.1) is 0 Å². The minimum Gasteiger partial charge on any atom is -0.211 e. The van der Waals surface area contributed by atoms with Gasteiger partial charge in [0.15, 0.2) is 0 Å². The van der Waals surface area contributed by atoms with Crippen molar-refractivity contribution >= 4 is 12.2 Å². The molecule has 0 bridgehead atoms. The quantitative estimate of drug-likeness (QED) is 0.0353. The van der Waals surface area contributed by atoms with Gasteiger partial charge in [0.2, 0.25) is 12.2 Å². The van der Waals surface area contributed by atoms with E-state index in [-0.39, 0.29) is 11.1 Å². The van der Waals surface area contributed by atoms with Gasteiger partial charge in [-0.3, -0.25) is 0 Å². The third-order valence-electron chi connectivity index (χ3n) is 12.6. The highest BCUT2D eigenvalue weighted by atomic mass is 16.1. The molecule has 2 atom stereocenters. The van der Waals surface area contributed by atoms with Crippen LogP contribution >= 0.6 is 0 Å². The summed E-state index contributed by atoms with van der Waals surface area (Å²) in [5, 5.41) is 0. The summed E-state index contributed by atoms with van der Waals surface area (Å²) in [6, 6.07) is 0. The van der Waals surface area contributed by atoms with Crippen LogP contribution in [0.15, 0.2) is 9.98 Å². The lowest BCUT2D eigenvalue weighted by Gasteiger charge is -2.29. The van der Waals surface area contributed by atoms with E-state index in [4.69, 9.17) is 0 Å². The van der Waals surface area contributed by atoms with Crippen LogP contribution in [-0.2, 0) is 9.59 Å². The lowest BCUT2D eigenvalue weighted by atomic mass is 9.81. The molecule has 0 aromatic carbocycles. The first-order valence-corrected chi connectivity index (χ1v) is 24.8. The number of nitrogens with zero attached hydrogens (tertiary/aromatic N) is 2. The number of rotatable bonds is 45. The number of aliphatic imine (C=N–C) groups is 2. The molecular formula is C50H96N2O2. The van der Waals surface area contributed by atoms with Gasteiger partial charge in [0.05, 0.1) is 11.1 Å². The first-order valence-electron chi connectivity index (χ1n) is 24.8. The van der Waals surface area contributed by atoms with Gasteiger partial charge in [-0.05, 0) is 38.5 Å². The molecule has 0 fully saturated rings. The van der Waals surface area contributed by atoms with Crippen LogP contribution in [0.25, 0.3) is 0 Å². The highest BCUT2D eigenvalue weighted by Crippen LogP contribution is 2.34. The molecule has 0 aromatic heterocycles. The zero-order chi connectivity index (χ0) is 39.5. The summed E-state index contributed by atoms with van der Waals surface area (Å²) >= 11 is 0. The maximum absolute atomic E-state index is 11.8. The van der Waals surface area contributed by atoms with Gasteiger partial charge in [0, 0.05) is 0 Å². The lowest BCUT2D eigenvalue weighted by molar-refractivity contribution is 0.299. The minimum atomic E-state index is -0.189. The molecule has 0 saturated heterocycles. The van der Waals surface area contributed by atoms with E-state index in [0.29, 0.717) is 0 Å². The van der Waals surface area contributed by atoms with E-state index in [9.17, 15) is 9.59 Å². The number of hydrogen-bond acceptors (Lipinski definition) is 4. The van der Waals surface area contributed by atoms with Gasteiger partial charge >= 0.3 is 0 Å². The topological polar surface area (TPSA) is 58.9 Å². The van der Waals surface area contributed by atoms with Gasteiger partial charge in [-0.25, -0.2) is 9.59 Å². The molecule has 54 heavy (non-hydrogen) atoms. The largest absolute Gasteiger partial charge is 0.235 e. The summed E-state index contributed by atoms with van der Waals surface area (Å²) < 4.78 is 0. The Morgan fingerprint density at radius 1 is 0.259 bits per heavy atom. The highest BCUT2D eigenvalue weighted by Gasteiger charge is 2.29. The van der Waals surface area contributed by atoms with Crippen LogP contribution in [-0.4, -0.2) is 23.2 Å². The highest BCUT2D eigenvalue weighted by molar-refractivity contribution is 5.35. The van der Waals surface area contributed by atoms with Gasteiger partial charge in [0.25, 0.3) is 0 Å². The molecule has 4 heteroatoms. The molecule has 2 unspecified atom stereocenters. The first-order chi connectivity index (χ1) is 26.6. The van der Waals surface area contributed by atoms with Crippen LogP contribution in [0.3, 0.4) is 0 Å². The van der Waals surface area contributed by atoms with E-state index in [0.717, 1.165) is 51.4 Å². The average Bonchev–Trinajstić information content (AvgIpc) is 3.17. The fourth-order valence-electron chi connectivity index (χ4n) is 8.89. The van der Waals surface area contributed by atoms with Crippen molar-refractivity contribution in [3.8, 4) is 0 Å². The second kappa shape index (κ2) is 41.4. The van der Waals surface area contributed by atoms with Crippen molar-refractivity contribution in [1.29, 1.82) is 0 Å². The summed E-state index contributed by atoms with van der Waals surface area (Å²) in [6.07, 6.45) is 57.0. The van der Waals surface area contributed by atoms with Crippen molar-refractivity contribution in [3.63, 3.8) is 0 Å². The molecule has 0 aliphatic rings. The molecule has 0 saturated carbocycles. The van der Waals surface area contributed by atoms with Crippen LogP contribution in [0.4, 0.5) is 0 Å². The van der Waals surface area contributed by atoms with E-state index in [1.165, 1.54) is 218 Å². The molecule has 0 N–H and O–H groups in total. The van der Waals surface area contributed by atoms with Crippen LogP contribution in [0, 0.1) is 0 Å². The SMILES string of the molecule is CCCCCCCCCCC(CCCCCCCCC)(CCCCCCCCC(CCCCCCCCC)(CCCCCCCCCC)N=C=O)N=C=O. The van der Waals surface area contributed by atoms with Crippen molar-refractivity contribution in [2.24, 2.45) is 9.98 Å². The second-order valence-corrected chi connectivity index (χ2v) is 17.7. The molecule has 0 spiro atoms. The van der Waals surface area contributed by atoms with E-state index in [1.807, 2.05) is 12.2 Å². The Hall–Kier alpha value is -1.24. The Kier molecular flexibility index (Phi) is 40.4. The summed E-state index contributed by atoms with van der Waals surface area (Å²) in [5.74, 6) is 0. The van der Waals surface area contributed by atoms with Crippen LogP contribution in [0.2, 0.25) is 0 Å². The standard InChI is InChI=1S/C50H96N2O2/c1-5-9-13-17-21-25-31-37-43-49(51-47-53,41-35-29-23-19-15-11-7-3)45-39-33-27-28-34-40-46-50(52-48-54,42-36-30-24-20-16-12-8-4)44-38-32-26-22-18-14-10-6-2/h5-46H2,1-4H3. The molecular weight excluding hydrogens is 661 g/mol. The van der Waals surface area contributed by atoms with E-state index in [1.54, 1.807) is 0 Å². The molecule has 0 rings (SSSR count). The zero-order valence-corrected chi connectivity index (χ0v) is 37.4. The predicted molar refractivity (Wildman–Crippen MR) is 238 cm³/mol. The van der Waals surface area contributed by atoms with Crippen molar-refractivity contribution in [3.05, 3.63) is 0 Å². The molecule has 0 aliphatic heterocycles. The summed E-state index contributed by atoms with van der Waals surface area (Å²) in [6.45, 7) is 9.13. The average molecular weight is 757 g/mol. The molecule has 4 nitrogen and oxygen atoms in total.